The van der Waals surface area contributed by atoms with E-state index in [2.05, 4.69) is 18.2 Å². The Morgan fingerprint density at radius 2 is 1.10 bits per heavy atom. The molecular formula is C42H49NO8. The summed E-state index contributed by atoms with van der Waals surface area (Å²) in [5.74, 6) is 0.805. The van der Waals surface area contributed by atoms with Gasteiger partial charge in [-0.15, -0.1) is 0 Å². The Morgan fingerprint density at radius 3 is 1.61 bits per heavy atom. The van der Waals surface area contributed by atoms with E-state index in [1.54, 1.807) is 12.3 Å². The van der Waals surface area contributed by atoms with E-state index in [1.807, 2.05) is 74.5 Å². The first-order valence-electron chi connectivity index (χ1n) is 17.4. The molecule has 0 aliphatic heterocycles. The Hall–Kier alpha value is -5.44. The van der Waals surface area contributed by atoms with Crippen LogP contribution < -0.4 is 14.2 Å². The zero-order valence-corrected chi connectivity index (χ0v) is 29.8. The number of carbonyl (C=O) groups excluding carboxylic acids is 3. The first-order valence-corrected chi connectivity index (χ1v) is 17.4. The standard InChI is InChI=1S/C42H49NO8/c1-5-40(44)49-27-13-9-7-11-25-47-36-20-15-34(16-21-36)19-24-42(46)51-39-30-32(3)38(29-33(39)4)43-31-35-17-22-37(23-18-35)48-26-12-8-10-14-28-50-41(45)6-2/h5-6,15-24,29-31H,1-2,7-14,25-28H2,3-4H3/b24-19+,43-31?. The van der Waals surface area contributed by atoms with Crippen LogP contribution in [0.1, 0.15) is 73.6 Å². The van der Waals surface area contributed by atoms with Crippen molar-refractivity contribution in [2.75, 3.05) is 26.4 Å². The molecule has 0 saturated carbocycles. The maximum atomic E-state index is 12.6. The van der Waals surface area contributed by atoms with E-state index in [0.717, 1.165) is 90.8 Å². The number of esters is 3. The minimum Gasteiger partial charge on any atom is -0.494 e. The Morgan fingerprint density at radius 1 is 0.608 bits per heavy atom. The van der Waals surface area contributed by atoms with Gasteiger partial charge in [-0.1, -0.05) is 25.3 Å². The molecule has 9 heteroatoms. The summed E-state index contributed by atoms with van der Waals surface area (Å²) >= 11 is 0. The summed E-state index contributed by atoms with van der Waals surface area (Å²) in [5.41, 5.74) is 4.26. The first kappa shape index (κ1) is 40.0. The third-order valence-corrected chi connectivity index (χ3v) is 7.67. The lowest BCUT2D eigenvalue weighted by Crippen LogP contribution is -2.05. The Kier molecular flexibility index (Phi) is 18.1. The Balaban J connectivity index is 1.37. The molecule has 3 aromatic rings. The second-order valence-electron chi connectivity index (χ2n) is 11.8. The van der Waals surface area contributed by atoms with Gasteiger partial charge in [0.2, 0.25) is 0 Å². The van der Waals surface area contributed by atoms with Crippen molar-refractivity contribution in [2.24, 2.45) is 4.99 Å². The van der Waals surface area contributed by atoms with Crippen molar-refractivity contribution >= 4 is 35.9 Å². The fourth-order valence-corrected chi connectivity index (χ4v) is 4.76. The molecule has 0 bridgehead atoms. The van der Waals surface area contributed by atoms with Crippen LogP contribution >= 0.6 is 0 Å². The van der Waals surface area contributed by atoms with E-state index in [0.29, 0.717) is 32.2 Å². The van der Waals surface area contributed by atoms with Crippen LogP contribution in [-0.2, 0) is 23.9 Å². The SMILES string of the molecule is C=CC(=O)OCCCCCCOc1ccc(C=Nc2cc(C)c(OC(=O)/C=C/c3ccc(OCCCCCCOC(=O)C=C)cc3)cc2C)cc1. The summed E-state index contributed by atoms with van der Waals surface area (Å²) in [5, 5.41) is 0. The van der Waals surface area contributed by atoms with Gasteiger partial charge in [0.15, 0.2) is 0 Å². The van der Waals surface area contributed by atoms with Gasteiger partial charge < -0.3 is 23.7 Å². The number of carbonyl (C=O) groups is 3. The molecule has 51 heavy (non-hydrogen) atoms. The zero-order valence-electron chi connectivity index (χ0n) is 29.8. The lowest BCUT2D eigenvalue weighted by atomic mass is 10.1. The monoisotopic (exact) mass is 695 g/mol. The lowest BCUT2D eigenvalue weighted by Gasteiger charge is -2.09. The molecule has 0 atom stereocenters. The van der Waals surface area contributed by atoms with E-state index in [1.165, 1.54) is 18.2 Å². The second kappa shape index (κ2) is 23.1. The van der Waals surface area contributed by atoms with Crippen molar-refractivity contribution < 1.29 is 38.1 Å². The summed E-state index contributed by atoms with van der Waals surface area (Å²) in [6, 6.07) is 19.0. The van der Waals surface area contributed by atoms with Gasteiger partial charge in [0.25, 0.3) is 0 Å². The number of hydrogen-bond acceptors (Lipinski definition) is 9. The maximum Gasteiger partial charge on any atom is 0.336 e. The molecule has 0 heterocycles. The van der Waals surface area contributed by atoms with E-state index in [9.17, 15) is 14.4 Å². The van der Waals surface area contributed by atoms with Gasteiger partial charge in [-0.25, -0.2) is 14.4 Å². The molecule has 0 saturated heterocycles. The highest BCUT2D eigenvalue weighted by Crippen LogP contribution is 2.28. The molecule has 0 spiro atoms. The van der Waals surface area contributed by atoms with Gasteiger partial charge in [-0.3, -0.25) is 4.99 Å². The maximum absolute atomic E-state index is 12.6. The average Bonchev–Trinajstić information content (AvgIpc) is 3.14. The van der Waals surface area contributed by atoms with Crippen molar-refractivity contribution in [1.29, 1.82) is 0 Å². The molecule has 3 rings (SSSR count). The number of ether oxygens (including phenoxy) is 5. The zero-order chi connectivity index (χ0) is 36.7. The number of aryl methyl sites for hydroxylation is 2. The number of rotatable bonds is 23. The van der Waals surface area contributed by atoms with Gasteiger partial charge in [0.1, 0.15) is 17.2 Å². The largest absolute Gasteiger partial charge is 0.494 e. The molecule has 0 unspecified atom stereocenters. The minimum atomic E-state index is -0.470. The van der Waals surface area contributed by atoms with Gasteiger partial charge in [0, 0.05) is 24.4 Å². The number of unbranched alkanes of at least 4 members (excludes halogenated alkanes) is 6. The van der Waals surface area contributed by atoms with E-state index in [-0.39, 0.29) is 11.9 Å². The highest BCUT2D eigenvalue weighted by atomic mass is 16.5. The smallest absolute Gasteiger partial charge is 0.336 e. The van der Waals surface area contributed by atoms with Crippen LogP contribution in [0.4, 0.5) is 5.69 Å². The Bertz CT molecular complexity index is 1620. The number of aliphatic imine (C=N–C) groups is 1. The van der Waals surface area contributed by atoms with Crippen molar-refractivity contribution in [3.05, 3.63) is 114 Å². The van der Waals surface area contributed by atoms with Crippen LogP contribution in [0, 0.1) is 13.8 Å². The number of hydrogen-bond donors (Lipinski definition) is 0. The molecule has 270 valence electrons. The molecule has 0 aliphatic rings. The minimum absolute atomic E-state index is 0.382. The van der Waals surface area contributed by atoms with Crippen molar-refractivity contribution in [3.63, 3.8) is 0 Å². The molecule has 0 aromatic heterocycles. The van der Waals surface area contributed by atoms with E-state index >= 15 is 0 Å². The molecule has 0 aliphatic carbocycles. The number of nitrogens with zero attached hydrogens (tertiary/aromatic N) is 1. The Labute approximate surface area is 301 Å². The van der Waals surface area contributed by atoms with Crippen LogP contribution in [0.3, 0.4) is 0 Å². The third-order valence-electron chi connectivity index (χ3n) is 7.67. The number of benzene rings is 3. The molecule has 3 aromatic carbocycles. The topological polar surface area (TPSA) is 110 Å². The summed E-state index contributed by atoms with van der Waals surface area (Å²) in [7, 11) is 0. The highest BCUT2D eigenvalue weighted by molar-refractivity contribution is 5.89. The molecule has 9 nitrogen and oxygen atoms in total. The van der Waals surface area contributed by atoms with Crippen LogP contribution in [0.5, 0.6) is 17.2 Å². The predicted molar refractivity (Wildman–Crippen MR) is 201 cm³/mol. The van der Waals surface area contributed by atoms with Crippen molar-refractivity contribution in [1.82, 2.24) is 0 Å². The van der Waals surface area contributed by atoms with Crippen LogP contribution in [0.15, 0.2) is 97.0 Å². The quantitative estimate of drug-likeness (QED) is 0.0318. The van der Waals surface area contributed by atoms with Crippen molar-refractivity contribution in [3.8, 4) is 17.2 Å². The van der Waals surface area contributed by atoms with E-state index < -0.39 is 5.97 Å². The third kappa shape index (κ3) is 16.2. The fraction of sp³-hybridized carbons (Fsp3) is 0.333. The van der Waals surface area contributed by atoms with Crippen LogP contribution in [0.2, 0.25) is 0 Å². The normalized spacial score (nSPS) is 10.9. The van der Waals surface area contributed by atoms with Gasteiger partial charge >= 0.3 is 17.9 Å². The molecule has 0 fully saturated rings. The molecular weight excluding hydrogens is 646 g/mol. The summed E-state index contributed by atoms with van der Waals surface area (Å²) in [6.07, 6.45) is 14.6. The molecule has 0 N–H and O–H groups in total. The average molecular weight is 696 g/mol. The predicted octanol–water partition coefficient (Wildman–Crippen LogP) is 9.01. The highest BCUT2D eigenvalue weighted by Gasteiger charge is 2.09. The van der Waals surface area contributed by atoms with E-state index in [4.69, 9.17) is 23.7 Å². The second-order valence-corrected chi connectivity index (χ2v) is 11.8. The van der Waals surface area contributed by atoms with Gasteiger partial charge in [-0.2, -0.15) is 0 Å². The van der Waals surface area contributed by atoms with Crippen LogP contribution in [0.25, 0.3) is 6.08 Å². The lowest BCUT2D eigenvalue weighted by molar-refractivity contribution is -0.138. The molecule has 0 amide bonds. The van der Waals surface area contributed by atoms with Gasteiger partial charge in [0.05, 0.1) is 32.1 Å². The fourth-order valence-electron chi connectivity index (χ4n) is 4.76. The molecule has 0 radical (unpaired) electrons. The van der Waals surface area contributed by atoms with Crippen molar-refractivity contribution in [2.45, 2.75) is 65.2 Å². The van der Waals surface area contributed by atoms with Crippen LogP contribution in [-0.4, -0.2) is 50.6 Å². The van der Waals surface area contributed by atoms with Gasteiger partial charge in [-0.05, 0) is 142 Å². The summed E-state index contributed by atoms with van der Waals surface area (Å²) in [4.78, 5) is 39.3. The summed E-state index contributed by atoms with van der Waals surface area (Å²) in [6.45, 7) is 12.6. The first-order chi connectivity index (χ1) is 24.8. The summed E-state index contributed by atoms with van der Waals surface area (Å²) < 4.78 is 27.2.